The fourth-order valence-electron chi connectivity index (χ4n) is 11.3. The van der Waals surface area contributed by atoms with Crippen LogP contribution >= 0.6 is 0 Å². The Hall–Kier alpha value is -2.23. The lowest BCUT2D eigenvalue weighted by molar-refractivity contribution is -0.776. The van der Waals surface area contributed by atoms with Gasteiger partial charge in [0.2, 0.25) is 6.33 Å². The third kappa shape index (κ3) is 3.02. The van der Waals surface area contributed by atoms with Crippen molar-refractivity contribution in [3.05, 3.63) is 55.4 Å². The number of aromatic nitrogens is 2. The molecule has 2 heterocycles. The SMILES string of the molecule is C1=CN(C23CC4CC(CC(C4)C2)C3)CN1c1cccc(-n2cc[n+](C34CC5CC(CC(C5)C3)C4)c2)c1. The van der Waals surface area contributed by atoms with Crippen LogP contribution in [0.1, 0.15) is 77.0 Å². The Bertz CT molecular complexity index is 1150. The maximum Gasteiger partial charge on any atom is 0.249 e. The van der Waals surface area contributed by atoms with Crippen LogP contribution in [0.2, 0.25) is 0 Å². The third-order valence-corrected chi connectivity index (χ3v) is 12.0. The zero-order valence-electron chi connectivity index (χ0n) is 21.6. The number of hydrogen-bond donors (Lipinski definition) is 0. The number of hydrogen-bond acceptors (Lipinski definition) is 2. The van der Waals surface area contributed by atoms with E-state index in [1.807, 2.05) is 0 Å². The summed E-state index contributed by atoms with van der Waals surface area (Å²) in [5.74, 6) is 5.93. The topological polar surface area (TPSA) is 15.3 Å². The molecule has 1 aromatic carbocycles. The van der Waals surface area contributed by atoms with Crippen LogP contribution in [-0.4, -0.2) is 21.7 Å². The highest BCUT2D eigenvalue weighted by molar-refractivity contribution is 5.56. The van der Waals surface area contributed by atoms with Gasteiger partial charge in [-0.25, -0.2) is 9.13 Å². The summed E-state index contributed by atoms with van der Waals surface area (Å²) in [6.07, 6.45) is 29.5. The molecular formula is C32H41N4+. The molecule has 0 radical (unpaired) electrons. The van der Waals surface area contributed by atoms with Crippen LogP contribution in [-0.2, 0) is 5.54 Å². The van der Waals surface area contributed by atoms with Gasteiger partial charge >= 0.3 is 0 Å². The van der Waals surface area contributed by atoms with Crippen molar-refractivity contribution in [2.24, 2.45) is 35.5 Å². The molecule has 0 atom stereocenters. The average molecular weight is 482 g/mol. The van der Waals surface area contributed by atoms with E-state index in [9.17, 15) is 0 Å². The lowest BCUT2D eigenvalue weighted by Crippen LogP contribution is -2.64. The van der Waals surface area contributed by atoms with Gasteiger partial charge in [-0.05, 0) is 125 Å². The summed E-state index contributed by atoms with van der Waals surface area (Å²) in [5, 5.41) is 0. The summed E-state index contributed by atoms with van der Waals surface area (Å²) in [6.45, 7) is 1.02. The predicted octanol–water partition coefficient (Wildman–Crippen LogP) is 6.21. The Labute approximate surface area is 216 Å². The minimum atomic E-state index is 0.396. The first-order valence-electron chi connectivity index (χ1n) is 15.0. The van der Waals surface area contributed by atoms with Crippen molar-refractivity contribution in [1.82, 2.24) is 9.47 Å². The van der Waals surface area contributed by atoms with Gasteiger partial charge < -0.3 is 9.80 Å². The fourth-order valence-corrected chi connectivity index (χ4v) is 11.3. The molecule has 0 unspecified atom stereocenters. The standard InChI is InChI=1S/C32H41N4/c1-2-29(33-4-6-35(21-33)31-15-23-8-24(16-31)10-25(9-23)17-31)14-30(3-1)34-5-7-36(22-34)32-18-26-11-27(19-32)13-28(12-26)20-32/h1-7,14,21,23-28H,8-13,15-20,22H2/q+1. The van der Waals surface area contributed by atoms with E-state index in [1.165, 1.54) is 88.4 Å². The molecule has 188 valence electrons. The fraction of sp³-hybridized carbons (Fsp3) is 0.656. The molecule has 0 saturated heterocycles. The van der Waals surface area contributed by atoms with Gasteiger partial charge in [-0.3, -0.25) is 0 Å². The van der Waals surface area contributed by atoms with Crippen molar-refractivity contribution in [3.8, 4) is 5.69 Å². The van der Waals surface area contributed by atoms with Crippen molar-refractivity contribution < 1.29 is 4.57 Å². The number of anilines is 1. The summed E-state index contributed by atoms with van der Waals surface area (Å²) in [5.41, 5.74) is 3.46. The highest BCUT2D eigenvalue weighted by Crippen LogP contribution is 2.59. The summed E-state index contributed by atoms with van der Waals surface area (Å²) >= 11 is 0. The molecule has 11 rings (SSSR count). The second-order valence-corrected chi connectivity index (χ2v) is 14.4. The minimum absolute atomic E-state index is 0.396. The molecule has 4 heteroatoms. The molecule has 1 aliphatic heterocycles. The first-order chi connectivity index (χ1) is 17.6. The zero-order valence-corrected chi connectivity index (χ0v) is 21.6. The molecule has 2 aromatic rings. The quantitative estimate of drug-likeness (QED) is 0.483. The highest BCUT2D eigenvalue weighted by Gasteiger charge is 2.55. The molecule has 4 nitrogen and oxygen atoms in total. The van der Waals surface area contributed by atoms with Crippen molar-refractivity contribution in [2.45, 2.75) is 88.1 Å². The van der Waals surface area contributed by atoms with Gasteiger partial charge in [0, 0.05) is 29.7 Å². The van der Waals surface area contributed by atoms with E-state index in [0.29, 0.717) is 11.1 Å². The van der Waals surface area contributed by atoms with Crippen LogP contribution in [0.5, 0.6) is 0 Å². The summed E-state index contributed by atoms with van der Waals surface area (Å²) < 4.78 is 4.99. The van der Waals surface area contributed by atoms with Crippen LogP contribution in [0.3, 0.4) is 0 Å². The average Bonchev–Trinajstić information content (AvgIpc) is 3.54. The van der Waals surface area contributed by atoms with E-state index < -0.39 is 0 Å². The predicted molar refractivity (Wildman–Crippen MR) is 141 cm³/mol. The monoisotopic (exact) mass is 481 g/mol. The van der Waals surface area contributed by atoms with Crippen molar-refractivity contribution >= 4 is 5.69 Å². The van der Waals surface area contributed by atoms with Crippen molar-refractivity contribution in [1.29, 1.82) is 0 Å². The molecule has 8 fully saturated rings. The van der Waals surface area contributed by atoms with E-state index in [0.717, 1.165) is 42.2 Å². The second-order valence-electron chi connectivity index (χ2n) is 14.4. The summed E-state index contributed by atoms with van der Waals surface area (Å²) in [4.78, 5) is 5.22. The van der Waals surface area contributed by atoms with Gasteiger partial charge in [0.05, 0.1) is 6.67 Å². The molecule has 9 aliphatic rings. The van der Waals surface area contributed by atoms with Gasteiger partial charge in [-0.1, -0.05) is 6.07 Å². The van der Waals surface area contributed by atoms with Crippen LogP contribution in [0.15, 0.2) is 55.4 Å². The second kappa shape index (κ2) is 7.20. The van der Waals surface area contributed by atoms with Crippen molar-refractivity contribution in [3.63, 3.8) is 0 Å². The first-order valence-corrected chi connectivity index (χ1v) is 15.0. The van der Waals surface area contributed by atoms with Gasteiger partial charge in [0.15, 0.2) is 0 Å². The smallest absolute Gasteiger partial charge is 0.249 e. The normalized spacial score (nSPS) is 43.8. The lowest BCUT2D eigenvalue weighted by atomic mass is 9.52. The van der Waals surface area contributed by atoms with Gasteiger partial charge in [-0.2, -0.15) is 0 Å². The van der Waals surface area contributed by atoms with E-state index in [4.69, 9.17) is 0 Å². The molecule has 36 heavy (non-hydrogen) atoms. The first kappa shape index (κ1) is 20.8. The van der Waals surface area contributed by atoms with Gasteiger partial charge in [0.1, 0.15) is 23.6 Å². The number of nitrogens with zero attached hydrogens (tertiary/aromatic N) is 4. The third-order valence-electron chi connectivity index (χ3n) is 12.0. The highest BCUT2D eigenvalue weighted by atomic mass is 15.4. The van der Waals surface area contributed by atoms with Crippen LogP contribution in [0.25, 0.3) is 5.69 Å². The Morgan fingerprint density at radius 1 is 0.694 bits per heavy atom. The minimum Gasteiger partial charge on any atom is -0.353 e. The molecule has 1 aromatic heterocycles. The molecule has 0 amide bonds. The van der Waals surface area contributed by atoms with Gasteiger partial charge in [0.25, 0.3) is 0 Å². The van der Waals surface area contributed by atoms with Crippen molar-refractivity contribution in [2.75, 3.05) is 11.6 Å². The van der Waals surface area contributed by atoms with Crippen LogP contribution in [0, 0.1) is 35.5 Å². The molecule has 8 aliphatic carbocycles. The Morgan fingerprint density at radius 2 is 1.28 bits per heavy atom. The largest absolute Gasteiger partial charge is 0.353 e. The van der Waals surface area contributed by atoms with E-state index in [1.54, 1.807) is 0 Å². The van der Waals surface area contributed by atoms with E-state index in [2.05, 4.69) is 74.3 Å². The van der Waals surface area contributed by atoms with E-state index in [-0.39, 0.29) is 0 Å². The summed E-state index contributed by atoms with van der Waals surface area (Å²) in [7, 11) is 0. The molecule has 0 N–H and O–H groups in total. The van der Waals surface area contributed by atoms with Crippen LogP contribution in [0.4, 0.5) is 5.69 Å². The Kier molecular flexibility index (Phi) is 4.16. The maximum absolute atomic E-state index is 2.74. The summed E-state index contributed by atoms with van der Waals surface area (Å²) in [6, 6.07) is 9.23. The van der Waals surface area contributed by atoms with Gasteiger partial charge in [-0.15, -0.1) is 0 Å². The maximum atomic E-state index is 2.74. The van der Waals surface area contributed by atoms with E-state index >= 15 is 0 Å². The molecule has 8 bridgehead atoms. The van der Waals surface area contributed by atoms with Crippen LogP contribution < -0.4 is 9.47 Å². The lowest BCUT2D eigenvalue weighted by Gasteiger charge is -2.60. The number of imidazole rings is 1. The molecular weight excluding hydrogens is 440 g/mol. The number of benzene rings is 1. The Morgan fingerprint density at radius 3 is 1.92 bits per heavy atom. The zero-order chi connectivity index (χ0) is 23.5. The number of rotatable bonds is 4. The molecule has 0 spiro atoms. The molecule has 8 saturated carbocycles. The Balaban J connectivity index is 0.959.